The molecule has 0 spiro atoms. The van der Waals surface area contributed by atoms with E-state index in [-0.39, 0.29) is 44.9 Å². The number of anilines is 3. The second kappa shape index (κ2) is 15.1. The first kappa shape index (κ1) is 36.2. The molecule has 0 aliphatic rings. The third-order valence-electron chi connectivity index (χ3n) is 6.74. The van der Waals surface area contributed by atoms with Gasteiger partial charge < -0.3 is 41.3 Å². The Morgan fingerprint density at radius 2 is 0.667 bits per heavy atom. The molecule has 0 heterocycles. The van der Waals surface area contributed by atoms with Crippen LogP contribution < -0.4 is 16.1 Å². The van der Waals surface area contributed by atoms with Gasteiger partial charge in [-0.3, -0.25) is 19.9 Å². The minimum Gasteiger partial charge on any atom is -0.478 e. The average Bonchev–Trinajstić information content (AvgIpc) is 3.07. The van der Waals surface area contributed by atoms with Gasteiger partial charge in [0.1, 0.15) is 0 Å². The van der Waals surface area contributed by atoms with Crippen molar-refractivity contribution in [3.05, 3.63) is 123 Å². The van der Waals surface area contributed by atoms with Gasteiger partial charge in [-0.05, 0) is 78.4 Å². The fourth-order valence-electron chi connectivity index (χ4n) is 4.47. The van der Waals surface area contributed by atoms with Crippen molar-refractivity contribution in [2.24, 2.45) is 0 Å². The molecule has 0 aliphatic heterocycles. The maximum Gasteiger partial charge on any atom is 0.335 e. The second-order valence-corrected chi connectivity index (χ2v) is 10.4. The summed E-state index contributed by atoms with van der Waals surface area (Å²) in [6.45, 7) is -0.462. The number of rotatable bonds is 14. The van der Waals surface area contributed by atoms with Crippen molar-refractivity contribution in [3.8, 4) is 0 Å². The Balaban J connectivity index is 1.69. The van der Waals surface area contributed by atoms with E-state index in [0.717, 1.165) is 60.7 Å². The molecule has 0 aliphatic carbocycles. The lowest BCUT2D eigenvalue weighted by Crippen LogP contribution is -2.18. The summed E-state index contributed by atoms with van der Waals surface area (Å²) >= 11 is 0. The van der Waals surface area contributed by atoms with Crippen molar-refractivity contribution < 1.29 is 73.8 Å². The Morgan fingerprint density at radius 3 is 0.961 bits per heavy atom. The van der Waals surface area contributed by atoms with E-state index in [0.29, 0.717) is 0 Å². The van der Waals surface area contributed by atoms with Gasteiger partial charge in [0.15, 0.2) is 0 Å². The number of carbonyl (C=O) groups is 8. The molecule has 18 heteroatoms. The minimum atomic E-state index is -1.48. The van der Waals surface area contributed by atoms with Crippen molar-refractivity contribution in [3.63, 3.8) is 0 Å². The zero-order chi connectivity index (χ0) is 37.6. The van der Waals surface area contributed by atoms with Crippen LogP contribution >= 0.6 is 0 Å². The van der Waals surface area contributed by atoms with E-state index in [9.17, 15) is 69.0 Å². The van der Waals surface area contributed by atoms with Gasteiger partial charge in [0.05, 0.1) is 45.7 Å². The summed E-state index contributed by atoms with van der Waals surface area (Å²) in [6, 6.07) is 12.3. The molecular weight excluding hydrogens is 678 g/mol. The maximum absolute atomic E-state index is 13.4. The Morgan fingerprint density at radius 1 is 0.392 bits per heavy atom. The first-order chi connectivity index (χ1) is 24.0. The van der Waals surface area contributed by atoms with Crippen LogP contribution in [0.25, 0.3) is 0 Å². The summed E-state index contributed by atoms with van der Waals surface area (Å²) in [5.41, 5.74) is -1.19. The van der Waals surface area contributed by atoms with E-state index in [2.05, 4.69) is 16.1 Å². The fraction of sp³-hybridized carbons (Fsp3) is 0.0303. The summed E-state index contributed by atoms with van der Waals surface area (Å²) in [7, 11) is 0. The number of carboxylic acids is 6. The standard InChI is InChI=1S/C33H23N3O15/c37-26(34-23-7-17(28(39)40)4-18(8-23)29(41)42)15-1-14(13-51-36-25-11-21(32(47)48)6-22(12-25)33(49)50)2-16(3-15)27(38)35-24-9-19(30(43)44)5-20(10-24)31(45)46/h1-12,36H,13H2,(H,34,37)(H,35,38)(H,39,40)(H,41,42)(H,43,44)(H,45,46)(H,47,48)(H,49,50). The molecule has 260 valence electrons. The molecule has 0 fully saturated rings. The lowest BCUT2D eigenvalue weighted by atomic mass is 10.0. The van der Waals surface area contributed by atoms with E-state index < -0.39 is 76.5 Å². The highest BCUT2D eigenvalue weighted by atomic mass is 16.6. The van der Waals surface area contributed by atoms with Crippen LogP contribution in [0.4, 0.5) is 17.1 Å². The quantitative estimate of drug-likeness (QED) is 0.0841. The molecule has 51 heavy (non-hydrogen) atoms. The van der Waals surface area contributed by atoms with Crippen LogP contribution in [0.2, 0.25) is 0 Å². The zero-order valence-electron chi connectivity index (χ0n) is 25.5. The normalized spacial score (nSPS) is 10.4. The van der Waals surface area contributed by atoms with E-state index in [4.69, 9.17) is 4.84 Å². The number of carboxylic acid groups (broad SMARTS) is 6. The van der Waals surface area contributed by atoms with Gasteiger partial charge in [-0.15, -0.1) is 0 Å². The molecule has 0 radical (unpaired) electrons. The first-order valence-electron chi connectivity index (χ1n) is 14.0. The molecule has 0 atom stereocenters. The highest BCUT2D eigenvalue weighted by molar-refractivity contribution is 6.10. The largest absolute Gasteiger partial charge is 0.478 e. The molecule has 9 N–H and O–H groups in total. The number of nitrogens with one attached hydrogen (secondary N) is 3. The van der Waals surface area contributed by atoms with E-state index >= 15 is 0 Å². The van der Waals surface area contributed by atoms with Crippen LogP contribution in [-0.4, -0.2) is 78.3 Å². The molecule has 0 unspecified atom stereocenters. The Labute approximate surface area is 284 Å². The monoisotopic (exact) mass is 701 g/mol. The van der Waals surface area contributed by atoms with Crippen molar-refractivity contribution >= 4 is 64.7 Å². The lowest BCUT2D eigenvalue weighted by molar-refractivity contribution is 0.0676. The smallest absolute Gasteiger partial charge is 0.335 e. The molecule has 4 rings (SSSR count). The highest BCUT2D eigenvalue weighted by Crippen LogP contribution is 2.22. The molecule has 0 aromatic heterocycles. The van der Waals surface area contributed by atoms with Crippen LogP contribution in [0.3, 0.4) is 0 Å². The molecule has 18 nitrogen and oxygen atoms in total. The predicted octanol–water partition coefficient (Wildman–Crippen LogP) is 3.92. The number of amides is 2. The molecule has 4 aromatic carbocycles. The van der Waals surface area contributed by atoms with E-state index in [1.807, 2.05) is 0 Å². The highest BCUT2D eigenvalue weighted by Gasteiger charge is 2.19. The number of benzene rings is 4. The average molecular weight is 702 g/mol. The van der Waals surface area contributed by atoms with Crippen LogP contribution in [0, 0.1) is 0 Å². The molecule has 4 aromatic rings. The summed E-state index contributed by atoms with van der Waals surface area (Å²) in [6.07, 6.45) is 0. The molecular formula is C33H23N3O15. The van der Waals surface area contributed by atoms with Crippen molar-refractivity contribution in [1.82, 2.24) is 0 Å². The second-order valence-electron chi connectivity index (χ2n) is 10.4. The zero-order valence-corrected chi connectivity index (χ0v) is 25.5. The number of aromatic carboxylic acids is 6. The fourth-order valence-corrected chi connectivity index (χ4v) is 4.47. The van der Waals surface area contributed by atoms with Gasteiger partial charge in [-0.1, -0.05) is 0 Å². The maximum atomic E-state index is 13.4. The molecule has 0 bridgehead atoms. The van der Waals surface area contributed by atoms with Gasteiger partial charge in [-0.2, -0.15) is 0 Å². The summed E-state index contributed by atoms with van der Waals surface area (Å²) in [5, 5.41) is 60.8. The van der Waals surface area contributed by atoms with Gasteiger partial charge in [0.2, 0.25) is 0 Å². The summed E-state index contributed by atoms with van der Waals surface area (Å²) < 4.78 is 0. The number of hydrogen-bond acceptors (Lipinski definition) is 10. The van der Waals surface area contributed by atoms with E-state index in [1.54, 1.807) is 0 Å². The van der Waals surface area contributed by atoms with Gasteiger partial charge in [0, 0.05) is 22.5 Å². The lowest BCUT2D eigenvalue weighted by Gasteiger charge is -2.13. The molecule has 2 amide bonds. The number of hydrogen-bond donors (Lipinski definition) is 9. The van der Waals surface area contributed by atoms with Crippen LogP contribution in [0.5, 0.6) is 0 Å². The first-order valence-corrected chi connectivity index (χ1v) is 14.0. The SMILES string of the molecule is O=C(O)c1cc(NOCc2cc(C(=O)Nc3cc(C(=O)O)cc(C(=O)O)c3)cc(C(=O)Nc3cc(C(=O)O)cc(C(=O)O)c3)c2)cc(C(=O)O)c1. The topological polar surface area (TPSA) is 303 Å². The van der Waals surface area contributed by atoms with Crippen molar-refractivity contribution in [1.29, 1.82) is 0 Å². The van der Waals surface area contributed by atoms with Gasteiger partial charge >= 0.3 is 35.8 Å². The van der Waals surface area contributed by atoms with Crippen LogP contribution in [-0.2, 0) is 11.4 Å². The minimum absolute atomic E-state index is 0.0840. The Bertz CT molecular complexity index is 1950. The Kier molecular flexibility index (Phi) is 10.7. The van der Waals surface area contributed by atoms with Gasteiger partial charge in [-0.25, -0.2) is 28.8 Å². The predicted molar refractivity (Wildman–Crippen MR) is 172 cm³/mol. The third kappa shape index (κ3) is 9.27. The third-order valence-corrected chi connectivity index (χ3v) is 6.74. The van der Waals surface area contributed by atoms with Crippen molar-refractivity contribution in [2.75, 3.05) is 16.1 Å². The summed E-state index contributed by atoms with van der Waals surface area (Å²) in [4.78, 5) is 101. The van der Waals surface area contributed by atoms with Crippen molar-refractivity contribution in [2.45, 2.75) is 6.61 Å². The van der Waals surface area contributed by atoms with Gasteiger partial charge in [0.25, 0.3) is 11.8 Å². The molecule has 0 saturated heterocycles. The Hall–Kier alpha value is -7.60. The van der Waals surface area contributed by atoms with Crippen LogP contribution in [0.1, 0.15) is 88.4 Å². The number of carbonyl (C=O) groups excluding carboxylic acids is 2. The van der Waals surface area contributed by atoms with E-state index in [1.165, 1.54) is 12.1 Å². The molecule has 0 saturated carbocycles. The summed E-state index contributed by atoms with van der Waals surface area (Å²) in [5.74, 6) is -10.7. The van der Waals surface area contributed by atoms with Crippen LogP contribution in [0.15, 0.2) is 72.8 Å².